The van der Waals surface area contributed by atoms with E-state index in [1.807, 2.05) is 0 Å². The van der Waals surface area contributed by atoms with Gasteiger partial charge in [-0.2, -0.15) is 0 Å². The van der Waals surface area contributed by atoms with Gasteiger partial charge in [-0.05, 0) is 25.7 Å². The molecule has 3 unspecified atom stereocenters. The van der Waals surface area contributed by atoms with Crippen molar-refractivity contribution in [2.45, 2.75) is 58.5 Å². The molecule has 94 valence electrons. The van der Waals surface area contributed by atoms with Crippen LogP contribution in [0.25, 0.3) is 0 Å². The van der Waals surface area contributed by atoms with Gasteiger partial charge < -0.3 is 10.6 Å². The van der Waals surface area contributed by atoms with Crippen LogP contribution < -0.4 is 10.6 Å². The summed E-state index contributed by atoms with van der Waals surface area (Å²) in [5.41, 5.74) is 0. The van der Waals surface area contributed by atoms with Gasteiger partial charge in [-0.1, -0.05) is 26.7 Å². The maximum atomic E-state index is 11.8. The lowest BCUT2D eigenvalue weighted by atomic mass is 9.83. The van der Waals surface area contributed by atoms with E-state index in [9.17, 15) is 4.79 Å². The summed E-state index contributed by atoms with van der Waals surface area (Å²) < 4.78 is 0. The number of carbonyl (C=O) groups is 1. The monoisotopic (exact) mass is 226 g/mol. The highest BCUT2D eigenvalue weighted by atomic mass is 16.1. The molecule has 2 N–H and O–H groups in total. The molecule has 1 rings (SSSR count). The van der Waals surface area contributed by atoms with Gasteiger partial charge in [-0.3, -0.25) is 4.79 Å². The van der Waals surface area contributed by atoms with Gasteiger partial charge in [0, 0.05) is 19.1 Å². The van der Waals surface area contributed by atoms with E-state index in [1.165, 1.54) is 12.8 Å². The maximum Gasteiger partial charge on any atom is 0.224 e. The molecule has 1 amide bonds. The number of hydrogen-bond donors (Lipinski definition) is 2. The minimum Gasteiger partial charge on any atom is -0.359 e. The first-order valence-electron chi connectivity index (χ1n) is 6.54. The lowest BCUT2D eigenvalue weighted by molar-refractivity contribution is -0.126. The van der Waals surface area contributed by atoms with Crippen LogP contribution in [0.5, 0.6) is 0 Å². The number of amides is 1. The van der Waals surface area contributed by atoms with Gasteiger partial charge in [0.15, 0.2) is 0 Å². The highest BCUT2D eigenvalue weighted by molar-refractivity contribution is 5.79. The summed E-state index contributed by atoms with van der Waals surface area (Å²) in [6.07, 6.45) is 4.60. The van der Waals surface area contributed by atoms with E-state index in [-0.39, 0.29) is 11.8 Å². The minimum atomic E-state index is 0.167. The second kappa shape index (κ2) is 6.24. The Morgan fingerprint density at radius 1 is 1.19 bits per heavy atom. The molecule has 1 saturated carbocycles. The van der Waals surface area contributed by atoms with Crippen molar-refractivity contribution in [2.75, 3.05) is 7.05 Å². The highest BCUT2D eigenvalue weighted by Crippen LogP contribution is 2.25. The summed E-state index contributed by atoms with van der Waals surface area (Å²) in [6, 6.07) is 0.848. The van der Waals surface area contributed by atoms with Crippen molar-refractivity contribution in [3.8, 4) is 0 Å². The molecule has 0 aromatic carbocycles. The zero-order valence-electron chi connectivity index (χ0n) is 11.0. The average Bonchev–Trinajstić information content (AvgIpc) is 2.28. The number of rotatable bonds is 4. The first-order chi connectivity index (χ1) is 7.56. The van der Waals surface area contributed by atoms with E-state index in [0.717, 1.165) is 12.8 Å². The van der Waals surface area contributed by atoms with E-state index in [2.05, 4.69) is 31.4 Å². The number of nitrogens with one attached hydrogen (secondary N) is 2. The van der Waals surface area contributed by atoms with E-state index in [0.29, 0.717) is 18.0 Å². The Morgan fingerprint density at radius 3 is 2.38 bits per heavy atom. The highest BCUT2D eigenvalue weighted by Gasteiger charge is 2.31. The van der Waals surface area contributed by atoms with Crippen LogP contribution in [0.1, 0.15) is 46.5 Å². The second-order valence-electron chi connectivity index (χ2n) is 5.31. The van der Waals surface area contributed by atoms with Gasteiger partial charge in [-0.15, -0.1) is 0 Å². The fraction of sp³-hybridized carbons (Fsp3) is 0.923. The topological polar surface area (TPSA) is 41.1 Å². The molecule has 0 saturated heterocycles. The first-order valence-corrected chi connectivity index (χ1v) is 6.54. The summed E-state index contributed by atoms with van der Waals surface area (Å²) in [6.45, 7) is 6.64. The fourth-order valence-electron chi connectivity index (χ4n) is 2.36. The van der Waals surface area contributed by atoms with Crippen molar-refractivity contribution < 1.29 is 4.79 Å². The predicted octanol–water partition coefficient (Wildman–Crippen LogP) is 1.93. The van der Waals surface area contributed by atoms with Crippen LogP contribution in [0, 0.1) is 11.8 Å². The zero-order chi connectivity index (χ0) is 12.1. The molecule has 0 radical (unpaired) electrons. The molecule has 1 fully saturated rings. The molecular weight excluding hydrogens is 200 g/mol. The quantitative estimate of drug-likeness (QED) is 0.769. The lowest BCUT2D eigenvalue weighted by Gasteiger charge is -2.34. The van der Waals surface area contributed by atoms with Crippen molar-refractivity contribution >= 4 is 5.91 Å². The van der Waals surface area contributed by atoms with Crippen LogP contribution in [0.3, 0.4) is 0 Å². The number of hydrogen-bond acceptors (Lipinski definition) is 2. The van der Waals surface area contributed by atoms with Crippen molar-refractivity contribution in [3.05, 3.63) is 0 Å². The van der Waals surface area contributed by atoms with Crippen molar-refractivity contribution in [2.24, 2.45) is 11.8 Å². The van der Waals surface area contributed by atoms with Crippen molar-refractivity contribution in [1.29, 1.82) is 0 Å². The van der Waals surface area contributed by atoms with Crippen LogP contribution in [-0.2, 0) is 4.79 Å². The summed E-state index contributed by atoms with van der Waals surface area (Å²) in [5.74, 6) is 0.986. The van der Waals surface area contributed by atoms with Gasteiger partial charge >= 0.3 is 0 Å². The molecule has 1 aliphatic rings. The summed E-state index contributed by atoms with van der Waals surface area (Å²) in [7, 11) is 1.74. The van der Waals surface area contributed by atoms with Crippen LogP contribution in [0.2, 0.25) is 0 Å². The van der Waals surface area contributed by atoms with E-state index < -0.39 is 0 Å². The van der Waals surface area contributed by atoms with Crippen LogP contribution >= 0.6 is 0 Å². The Bertz CT molecular complexity index is 228. The van der Waals surface area contributed by atoms with E-state index >= 15 is 0 Å². The summed E-state index contributed by atoms with van der Waals surface area (Å²) in [5, 5.41) is 6.41. The van der Waals surface area contributed by atoms with Crippen molar-refractivity contribution in [3.63, 3.8) is 0 Å². The van der Waals surface area contributed by atoms with Crippen molar-refractivity contribution in [1.82, 2.24) is 10.6 Å². The van der Waals surface area contributed by atoms with Gasteiger partial charge in [0.2, 0.25) is 5.91 Å². The Labute approximate surface area is 99.4 Å². The SMILES string of the molecule is CNC(=O)C1CCCCC1NC(C)C(C)C. The van der Waals surface area contributed by atoms with Crippen LogP contribution in [0.15, 0.2) is 0 Å². The van der Waals surface area contributed by atoms with E-state index in [4.69, 9.17) is 0 Å². The fourth-order valence-corrected chi connectivity index (χ4v) is 2.36. The molecule has 16 heavy (non-hydrogen) atoms. The molecule has 1 aliphatic carbocycles. The van der Waals surface area contributed by atoms with Gasteiger partial charge in [-0.25, -0.2) is 0 Å². The smallest absolute Gasteiger partial charge is 0.224 e. The maximum absolute atomic E-state index is 11.8. The van der Waals surface area contributed by atoms with E-state index in [1.54, 1.807) is 7.05 Å². The third-order valence-corrected chi connectivity index (χ3v) is 3.83. The Kier molecular flexibility index (Phi) is 5.26. The Hall–Kier alpha value is -0.570. The molecule has 0 heterocycles. The molecule has 0 aromatic rings. The van der Waals surface area contributed by atoms with Gasteiger partial charge in [0.1, 0.15) is 0 Å². The molecule has 3 heteroatoms. The zero-order valence-corrected chi connectivity index (χ0v) is 11.0. The third kappa shape index (κ3) is 3.48. The first kappa shape index (κ1) is 13.5. The third-order valence-electron chi connectivity index (χ3n) is 3.83. The average molecular weight is 226 g/mol. The molecular formula is C13H26N2O. The minimum absolute atomic E-state index is 0.167. The predicted molar refractivity (Wildman–Crippen MR) is 67.2 cm³/mol. The molecule has 3 nitrogen and oxygen atoms in total. The molecule has 3 atom stereocenters. The Morgan fingerprint density at radius 2 is 1.81 bits per heavy atom. The Balaban J connectivity index is 2.56. The molecule has 0 bridgehead atoms. The van der Waals surface area contributed by atoms with Crippen LogP contribution in [-0.4, -0.2) is 25.0 Å². The van der Waals surface area contributed by atoms with Gasteiger partial charge in [0.05, 0.1) is 5.92 Å². The molecule has 0 spiro atoms. The second-order valence-corrected chi connectivity index (χ2v) is 5.31. The largest absolute Gasteiger partial charge is 0.359 e. The molecule has 0 aromatic heterocycles. The standard InChI is InChI=1S/C13H26N2O/c1-9(2)10(3)15-12-8-6-5-7-11(12)13(16)14-4/h9-12,15H,5-8H2,1-4H3,(H,14,16). The van der Waals surface area contributed by atoms with Gasteiger partial charge in [0.25, 0.3) is 0 Å². The number of carbonyl (C=O) groups excluding carboxylic acids is 1. The molecule has 0 aliphatic heterocycles. The lowest BCUT2D eigenvalue weighted by Crippen LogP contribution is -2.49. The normalized spacial score (nSPS) is 27.8. The summed E-state index contributed by atoms with van der Waals surface area (Å²) in [4.78, 5) is 11.8. The van der Waals surface area contributed by atoms with Crippen LogP contribution in [0.4, 0.5) is 0 Å². The summed E-state index contributed by atoms with van der Waals surface area (Å²) >= 11 is 0.